The van der Waals surface area contributed by atoms with Gasteiger partial charge in [-0.3, -0.25) is 9.58 Å². The number of hydrogen-bond acceptors (Lipinski definition) is 5. The van der Waals surface area contributed by atoms with Crippen molar-refractivity contribution in [3.05, 3.63) is 40.8 Å². The summed E-state index contributed by atoms with van der Waals surface area (Å²) in [6.07, 6.45) is 0. The lowest BCUT2D eigenvalue weighted by molar-refractivity contribution is 0.00457. The minimum absolute atomic E-state index is 0.273. The highest BCUT2D eigenvalue weighted by Gasteiger charge is 2.27. The fraction of sp³-hybridized carbons (Fsp3) is 0.556. The van der Waals surface area contributed by atoms with Crippen molar-refractivity contribution in [1.29, 1.82) is 0 Å². The van der Waals surface area contributed by atoms with E-state index in [0.717, 1.165) is 31.1 Å². The molecule has 1 saturated heterocycles. The Kier molecular flexibility index (Phi) is 5.16. The summed E-state index contributed by atoms with van der Waals surface area (Å²) in [7, 11) is 2.15. The second-order valence-corrected chi connectivity index (χ2v) is 6.21. The Morgan fingerprint density at radius 1 is 1.33 bits per heavy atom. The van der Waals surface area contributed by atoms with E-state index in [0.29, 0.717) is 19.0 Å². The quantitative estimate of drug-likeness (QED) is 0.842. The van der Waals surface area contributed by atoms with Crippen LogP contribution in [0.25, 0.3) is 0 Å². The fourth-order valence-corrected chi connectivity index (χ4v) is 3.26. The van der Waals surface area contributed by atoms with Crippen LogP contribution < -0.4 is 4.74 Å². The van der Waals surface area contributed by atoms with Crippen molar-refractivity contribution < 1.29 is 9.47 Å². The van der Waals surface area contributed by atoms with Crippen LogP contribution in [-0.4, -0.2) is 53.1 Å². The third-order valence-electron chi connectivity index (χ3n) is 4.55. The van der Waals surface area contributed by atoms with Crippen LogP contribution in [0, 0.1) is 13.8 Å². The molecule has 6 nitrogen and oxygen atoms in total. The van der Waals surface area contributed by atoms with E-state index in [2.05, 4.69) is 30.8 Å². The number of hydrogen-bond donors (Lipinski definition) is 0. The summed E-state index contributed by atoms with van der Waals surface area (Å²) in [6.45, 7) is 9.90. The lowest BCUT2D eigenvalue weighted by Crippen LogP contribution is -2.37. The van der Waals surface area contributed by atoms with Crippen LogP contribution >= 0.6 is 0 Å². The molecule has 0 aromatic carbocycles. The van der Waals surface area contributed by atoms with Crippen molar-refractivity contribution in [1.82, 2.24) is 19.7 Å². The fourth-order valence-electron chi connectivity index (χ4n) is 3.26. The molecule has 1 aliphatic heterocycles. The molecule has 0 N–H and O–H groups in total. The van der Waals surface area contributed by atoms with Gasteiger partial charge in [0.05, 0.1) is 43.8 Å². The molecule has 0 radical (unpaired) electrons. The van der Waals surface area contributed by atoms with Crippen molar-refractivity contribution in [2.24, 2.45) is 0 Å². The Bertz CT molecular complexity index is 698. The van der Waals surface area contributed by atoms with Gasteiger partial charge in [-0.25, -0.2) is 4.98 Å². The average molecular weight is 330 g/mol. The van der Waals surface area contributed by atoms with Gasteiger partial charge in [0, 0.05) is 23.9 Å². The molecule has 3 heterocycles. The minimum atomic E-state index is 0.273. The van der Waals surface area contributed by atoms with Gasteiger partial charge < -0.3 is 9.47 Å². The van der Waals surface area contributed by atoms with E-state index in [-0.39, 0.29) is 6.04 Å². The summed E-state index contributed by atoms with van der Waals surface area (Å²) in [5.41, 5.74) is 4.47. The van der Waals surface area contributed by atoms with Crippen molar-refractivity contribution in [2.45, 2.75) is 33.4 Å². The zero-order valence-corrected chi connectivity index (χ0v) is 15.0. The number of likely N-dealkylation sites (N-methyl/N-ethyl adjacent to an activating group) is 1. The maximum absolute atomic E-state index is 5.68. The number of nitrogens with zero attached hydrogens (tertiary/aromatic N) is 4. The van der Waals surface area contributed by atoms with Crippen LogP contribution in [0.15, 0.2) is 18.2 Å². The average Bonchev–Trinajstić information content (AvgIpc) is 2.83. The van der Waals surface area contributed by atoms with E-state index in [1.165, 1.54) is 11.3 Å². The highest BCUT2D eigenvalue weighted by molar-refractivity contribution is 5.29. The molecule has 6 heteroatoms. The monoisotopic (exact) mass is 330 g/mol. The highest BCUT2D eigenvalue weighted by atomic mass is 16.5. The Labute approximate surface area is 143 Å². The molecule has 1 aliphatic rings. The first kappa shape index (κ1) is 16.9. The van der Waals surface area contributed by atoms with Gasteiger partial charge in [-0.15, -0.1) is 0 Å². The molecule has 0 spiro atoms. The zero-order chi connectivity index (χ0) is 17.1. The third-order valence-corrected chi connectivity index (χ3v) is 4.55. The highest BCUT2D eigenvalue weighted by Crippen LogP contribution is 2.28. The van der Waals surface area contributed by atoms with Crippen molar-refractivity contribution >= 4 is 0 Å². The van der Waals surface area contributed by atoms with Crippen LogP contribution in [-0.2, 0) is 11.3 Å². The van der Waals surface area contributed by atoms with E-state index in [4.69, 9.17) is 14.6 Å². The molecule has 2 aromatic rings. The summed E-state index contributed by atoms with van der Waals surface area (Å²) in [6, 6.07) is 6.14. The SMILES string of the molecule is CCOc1cccc(Cn2nc(C)c(C3COCCN3C)c2C)n1. The van der Waals surface area contributed by atoms with Crippen LogP contribution in [0.4, 0.5) is 0 Å². The summed E-state index contributed by atoms with van der Waals surface area (Å²) < 4.78 is 13.2. The molecule has 3 rings (SSSR count). The number of morpholine rings is 1. The minimum Gasteiger partial charge on any atom is -0.478 e. The standard InChI is InChI=1S/C18H26N4O2/c1-5-24-17-8-6-7-15(19-17)11-22-14(3)18(13(2)20-22)16-12-23-10-9-21(16)4/h6-8,16H,5,9-12H2,1-4H3. The number of rotatable bonds is 5. The number of pyridine rings is 1. The molecule has 0 amide bonds. The van der Waals surface area contributed by atoms with Crippen LogP contribution in [0.1, 0.15) is 35.6 Å². The number of aryl methyl sites for hydroxylation is 1. The predicted octanol–water partition coefficient (Wildman–Crippen LogP) is 2.35. The summed E-state index contributed by atoms with van der Waals surface area (Å²) in [5.74, 6) is 0.664. The first-order valence-corrected chi connectivity index (χ1v) is 8.50. The molecule has 0 bridgehead atoms. The van der Waals surface area contributed by atoms with Gasteiger partial charge in [0.2, 0.25) is 5.88 Å². The van der Waals surface area contributed by atoms with Gasteiger partial charge in [0.1, 0.15) is 0 Å². The molecule has 1 fully saturated rings. The van der Waals surface area contributed by atoms with Gasteiger partial charge in [-0.2, -0.15) is 5.10 Å². The Morgan fingerprint density at radius 3 is 2.92 bits per heavy atom. The third kappa shape index (κ3) is 3.44. The van der Waals surface area contributed by atoms with Gasteiger partial charge in [0.25, 0.3) is 0 Å². The molecule has 24 heavy (non-hydrogen) atoms. The van der Waals surface area contributed by atoms with E-state index in [1.54, 1.807) is 0 Å². The zero-order valence-electron chi connectivity index (χ0n) is 15.0. The van der Waals surface area contributed by atoms with Gasteiger partial charge >= 0.3 is 0 Å². The van der Waals surface area contributed by atoms with E-state index >= 15 is 0 Å². The first-order chi connectivity index (χ1) is 11.6. The van der Waals surface area contributed by atoms with Gasteiger partial charge in [-0.05, 0) is 33.9 Å². The Balaban J connectivity index is 1.85. The predicted molar refractivity (Wildman–Crippen MR) is 92.4 cm³/mol. The lowest BCUT2D eigenvalue weighted by atomic mass is 10.0. The van der Waals surface area contributed by atoms with Crippen LogP contribution in [0.3, 0.4) is 0 Å². The summed E-state index contributed by atoms with van der Waals surface area (Å²) in [4.78, 5) is 6.89. The van der Waals surface area contributed by atoms with E-state index in [9.17, 15) is 0 Å². The topological polar surface area (TPSA) is 52.4 Å². The van der Waals surface area contributed by atoms with Gasteiger partial charge in [0.15, 0.2) is 0 Å². The van der Waals surface area contributed by atoms with Crippen molar-refractivity contribution in [3.8, 4) is 5.88 Å². The number of aromatic nitrogens is 3. The van der Waals surface area contributed by atoms with Gasteiger partial charge in [-0.1, -0.05) is 6.07 Å². The smallest absolute Gasteiger partial charge is 0.213 e. The second-order valence-electron chi connectivity index (χ2n) is 6.21. The number of ether oxygens (including phenoxy) is 2. The molecular weight excluding hydrogens is 304 g/mol. The lowest BCUT2D eigenvalue weighted by Gasteiger charge is -2.32. The molecule has 0 aliphatic carbocycles. The maximum Gasteiger partial charge on any atom is 0.213 e. The largest absolute Gasteiger partial charge is 0.478 e. The molecule has 2 aromatic heterocycles. The summed E-state index contributed by atoms with van der Waals surface area (Å²) >= 11 is 0. The molecule has 1 unspecified atom stereocenters. The van der Waals surface area contributed by atoms with Crippen molar-refractivity contribution in [2.75, 3.05) is 33.4 Å². The first-order valence-electron chi connectivity index (χ1n) is 8.50. The Morgan fingerprint density at radius 2 is 2.17 bits per heavy atom. The molecular formula is C18H26N4O2. The Hall–Kier alpha value is -1.92. The van der Waals surface area contributed by atoms with Crippen LogP contribution in [0.5, 0.6) is 5.88 Å². The van der Waals surface area contributed by atoms with Crippen molar-refractivity contribution in [3.63, 3.8) is 0 Å². The molecule has 1 atom stereocenters. The van der Waals surface area contributed by atoms with Crippen LogP contribution in [0.2, 0.25) is 0 Å². The van der Waals surface area contributed by atoms with E-state index in [1.807, 2.05) is 29.8 Å². The molecule has 130 valence electrons. The van der Waals surface area contributed by atoms with E-state index < -0.39 is 0 Å². The summed E-state index contributed by atoms with van der Waals surface area (Å²) in [5, 5.41) is 4.74. The maximum atomic E-state index is 5.68. The second kappa shape index (κ2) is 7.32. The molecule has 0 saturated carbocycles. The normalized spacial score (nSPS) is 18.8.